The number of aromatic amines is 1. The van der Waals surface area contributed by atoms with Crippen molar-refractivity contribution in [1.82, 2.24) is 9.97 Å². The van der Waals surface area contributed by atoms with E-state index in [9.17, 15) is 4.21 Å². The molecule has 2 rings (SSSR count). The summed E-state index contributed by atoms with van der Waals surface area (Å²) in [7, 11) is 1.59. The molecule has 5 nitrogen and oxygen atoms in total. The Bertz CT molecular complexity index is 524. The number of H-pyrrole nitrogens is 1. The normalized spacial score (nSPS) is 12.9. The molecule has 0 bridgehead atoms. The first kappa shape index (κ1) is 11.1. The minimum Gasteiger partial charge on any atom is -0.497 e. The molecule has 0 amide bonds. The molecular formula is C10H12N2O3S. The second-order valence-corrected chi connectivity index (χ2v) is 4.16. The van der Waals surface area contributed by atoms with Crippen molar-refractivity contribution in [2.75, 3.05) is 13.7 Å². The molecule has 16 heavy (non-hydrogen) atoms. The Hall–Kier alpha value is -1.40. The van der Waals surface area contributed by atoms with Gasteiger partial charge in [0.2, 0.25) is 16.2 Å². The average Bonchev–Trinajstić information content (AvgIpc) is 2.71. The first-order chi connectivity index (χ1) is 7.74. The van der Waals surface area contributed by atoms with Gasteiger partial charge in [0.05, 0.1) is 24.8 Å². The third-order valence-electron chi connectivity index (χ3n) is 2.05. The molecule has 1 unspecified atom stereocenters. The van der Waals surface area contributed by atoms with Gasteiger partial charge in [-0.2, -0.15) is 0 Å². The van der Waals surface area contributed by atoms with Crippen LogP contribution in [0.5, 0.6) is 5.75 Å². The van der Waals surface area contributed by atoms with Gasteiger partial charge in [0, 0.05) is 6.07 Å². The van der Waals surface area contributed by atoms with Crippen molar-refractivity contribution >= 4 is 22.1 Å². The van der Waals surface area contributed by atoms with Crippen LogP contribution in [0.3, 0.4) is 0 Å². The number of fused-ring (bicyclic) bond motifs is 1. The molecule has 1 aromatic heterocycles. The van der Waals surface area contributed by atoms with Gasteiger partial charge in [-0.05, 0) is 19.1 Å². The van der Waals surface area contributed by atoms with Gasteiger partial charge in [0.25, 0.3) is 0 Å². The highest BCUT2D eigenvalue weighted by molar-refractivity contribution is 7.80. The summed E-state index contributed by atoms with van der Waals surface area (Å²) in [6.45, 7) is 2.16. The van der Waals surface area contributed by atoms with E-state index < -0.39 is 11.1 Å². The number of nitrogens with zero attached hydrogens (tertiary/aromatic N) is 1. The SMILES string of the molecule is CCOS(=O)c1nc2ccc(OC)cc2[nH]1. The summed E-state index contributed by atoms with van der Waals surface area (Å²) in [6, 6.07) is 5.41. The third-order valence-corrected chi connectivity index (χ3v) is 3.01. The second kappa shape index (κ2) is 4.63. The lowest BCUT2D eigenvalue weighted by Gasteiger charge is -1.96. The number of ether oxygens (including phenoxy) is 1. The van der Waals surface area contributed by atoms with Gasteiger partial charge in [-0.15, -0.1) is 0 Å². The number of benzene rings is 1. The maximum absolute atomic E-state index is 11.5. The summed E-state index contributed by atoms with van der Waals surface area (Å²) in [5.74, 6) is 0.727. The zero-order valence-corrected chi connectivity index (χ0v) is 9.84. The quantitative estimate of drug-likeness (QED) is 0.882. The van der Waals surface area contributed by atoms with E-state index in [1.54, 1.807) is 32.2 Å². The zero-order chi connectivity index (χ0) is 11.5. The van der Waals surface area contributed by atoms with Crippen molar-refractivity contribution in [3.8, 4) is 5.75 Å². The standard InChI is InChI=1S/C10H12N2O3S/c1-3-15-16(13)10-11-8-5-4-7(14-2)6-9(8)12-10/h4-6H,3H2,1-2H3,(H,11,12). The summed E-state index contributed by atoms with van der Waals surface area (Å²) >= 11 is -1.53. The Morgan fingerprint density at radius 2 is 2.31 bits per heavy atom. The third kappa shape index (κ3) is 2.07. The molecule has 1 atom stereocenters. The average molecular weight is 240 g/mol. The van der Waals surface area contributed by atoms with Crippen LogP contribution in [0.4, 0.5) is 0 Å². The fraction of sp³-hybridized carbons (Fsp3) is 0.300. The van der Waals surface area contributed by atoms with Crippen LogP contribution in [0.15, 0.2) is 23.4 Å². The van der Waals surface area contributed by atoms with Crippen molar-refractivity contribution in [2.45, 2.75) is 12.1 Å². The smallest absolute Gasteiger partial charge is 0.226 e. The van der Waals surface area contributed by atoms with Crippen LogP contribution in [-0.4, -0.2) is 27.9 Å². The lowest BCUT2D eigenvalue weighted by Crippen LogP contribution is -1.98. The molecule has 6 heteroatoms. The van der Waals surface area contributed by atoms with Gasteiger partial charge < -0.3 is 9.72 Å². The van der Waals surface area contributed by atoms with Crippen molar-refractivity contribution < 1.29 is 13.1 Å². The maximum atomic E-state index is 11.5. The minimum atomic E-state index is -1.53. The molecule has 0 saturated carbocycles. The molecule has 86 valence electrons. The van der Waals surface area contributed by atoms with Crippen molar-refractivity contribution in [3.63, 3.8) is 0 Å². The summed E-state index contributed by atoms with van der Waals surface area (Å²) in [5.41, 5.74) is 1.52. The van der Waals surface area contributed by atoms with Crippen molar-refractivity contribution in [2.24, 2.45) is 0 Å². The van der Waals surface area contributed by atoms with E-state index in [1.165, 1.54) is 0 Å². The van der Waals surface area contributed by atoms with Crippen LogP contribution in [-0.2, 0) is 15.3 Å². The lowest BCUT2D eigenvalue weighted by atomic mass is 10.3. The van der Waals surface area contributed by atoms with Gasteiger partial charge in [0.15, 0.2) is 0 Å². The largest absolute Gasteiger partial charge is 0.497 e. The molecule has 1 N–H and O–H groups in total. The summed E-state index contributed by atoms with van der Waals surface area (Å²) in [5, 5.41) is 0.324. The van der Waals surface area contributed by atoms with Gasteiger partial charge in [0.1, 0.15) is 5.75 Å². The van der Waals surface area contributed by atoms with Crippen LogP contribution in [0.25, 0.3) is 11.0 Å². The number of hydrogen-bond acceptors (Lipinski definition) is 4. The Labute approximate surface area is 95.4 Å². The zero-order valence-electron chi connectivity index (χ0n) is 9.02. The van der Waals surface area contributed by atoms with Crippen LogP contribution < -0.4 is 4.74 Å². The van der Waals surface area contributed by atoms with E-state index >= 15 is 0 Å². The highest BCUT2D eigenvalue weighted by Gasteiger charge is 2.10. The number of imidazole rings is 1. The predicted molar refractivity (Wildman–Crippen MR) is 60.7 cm³/mol. The van der Waals surface area contributed by atoms with Crippen LogP contribution >= 0.6 is 0 Å². The summed E-state index contributed by atoms with van der Waals surface area (Å²) in [6.07, 6.45) is 0. The van der Waals surface area contributed by atoms with Crippen LogP contribution in [0, 0.1) is 0 Å². The highest BCUT2D eigenvalue weighted by Crippen LogP contribution is 2.19. The Morgan fingerprint density at radius 1 is 1.50 bits per heavy atom. The molecule has 0 aliphatic rings. The molecule has 1 heterocycles. The molecule has 0 saturated heterocycles. The Morgan fingerprint density at radius 3 is 3.00 bits per heavy atom. The van der Waals surface area contributed by atoms with Crippen LogP contribution in [0.2, 0.25) is 0 Å². The predicted octanol–water partition coefficient (Wildman–Crippen LogP) is 1.63. The summed E-state index contributed by atoms with van der Waals surface area (Å²) < 4.78 is 21.6. The molecule has 1 aromatic carbocycles. The molecule has 2 aromatic rings. The van der Waals surface area contributed by atoms with E-state index in [1.807, 2.05) is 0 Å². The fourth-order valence-corrected chi connectivity index (χ4v) is 2.03. The first-order valence-electron chi connectivity index (χ1n) is 4.83. The molecular weight excluding hydrogens is 228 g/mol. The van der Waals surface area contributed by atoms with E-state index in [4.69, 9.17) is 8.92 Å². The van der Waals surface area contributed by atoms with E-state index in [-0.39, 0.29) is 0 Å². The van der Waals surface area contributed by atoms with Gasteiger partial charge in [-0.25, -0.2) is 9.19 Å². The number of aromatic nitrogens is 2. The van der Waals surface area contributed by atoms with E-state index in [0.717, 1.165) is 16.8 Å². The molecule has 0 fully saturated rings. The Balaban J connectivity index is 2.39. The van der Waals surface area contributed by atoms with Crippen LogP contribution in [0.1, 0.15) is 6.92 Å². The number of methoxy groups -OCH3 is 1. The van der Waals surface area contributed by atoms with E-state index in [2.05, 4.69) is 9.97 Å². The van der Waals surface area contributed by atoms with Gasteiger partial charge in [-0.1, -0.05) is 0 Å². The van der Waals surface area contributed by atoms with Crippen molar-refractivity contribution in [3.05, 3.63) is 18.2 Å². The van der Waals surface area contributed by atoms with Gasteiger partial charge in [-0.3, -0.25) is 4.18 Å². The number of nitrogens with one attached hydrogen (secondary N) is 1. The molecule has 0 aliphatic carbocycles. The minimum absolute atomic E-state index is 0.324. The summed E-state index contributed by atoms with van der Waals surface area (Å²) in [4.78, 5) is 7.11. The molecule has 0 aliphatic heterocycles. The topological polar surface area (TPSA) is 64.2 Å². The highest BCUT2D eigenvalue weighted by atomic mass is 32.2. The van der Waals surface area contributed by atoms with Crippen molar-refractivity contribution in [1.29, 1.82) is 0 Å². The Kier molecular flexibility index (Phi) is 3.21. The maximum Gasteiger partial charge on any atom is 0.226 e. The van der Waals surface area contributed by atoms with E-state index in [0.29, 0.717) is 11.8 Å². The fourth-order valence-electron chi connectivity index (χ4n) is 1.33. The molecule has 0 spiro atoms. The lowest BCUT2D eigenvalue weighted by molar-refractivity contribution is 0.369. The number of rotatable bonds is 4. The molecule has 0 radical (unpaired) electrons. The number of hydrogen-bond donors (Lipinski definition) is 1. The second-order valence-electron chi connectivity index (χ2n) is 3.07. The van der Waals surface area contributed by atoms with Gasteiger partial charge >= 0.3 is 0 Å². The first-order valence-corrected chi connectivity index (χ1v) is 5.91. The monoisotopic (exact) mass is 240 g/mol.